The number of anilines is 2. The lowest BCUT2D eigenvalue weighted by Crippen LogP contribution is -1.89. The van der Waals surface area contributed by atoms with Gasteiger partial charge < -0.3 is 10.1 Å². The van der Waals surface area contributed by atoms with Crippen molar-refractivity contribution in [1.82, 2.24) is 15.2 Å². The Morgan fingerprint density at radius 2 is 2.00 bits per heavy atom. The molecule has 0 aliphatic heterocycles. The van der Waals surface area contributed by atoms with E-state index in [1.807, 2.05) is 24.3 Å². The molecule has 0 bridgehead atoms. The van der Waals surface area contributed by atoms with Gasteiger partial charge >= 0.3 is 0 Å². The van der Waals surface area contributed by atoms with Gasteiger partial charge in [-0.05, 0) is 24.3 Å². The molecule has 126 valence electrons. The maximum absolute atomic E-state index is 5.15. The van der Waals surface area contributed by atoms with Crippen LogP contribution in [0.5, 0.6) is 5.75 Å². The van der Waals surface area contributed by atoms with Gasteiger partial charge in [-0.3, -0.25) is 0 Å². The van der Waals surface area contributed by atoms with Crippen molar-refractivity contribution in [1.29, 1.82) is 0 Å². The first-order valence-corrected chi connectivity index (χ1v) is 10.1. The van der Waals surface area contributed by atoms with Gasteiger partial charge in [0, 0.05) is 22.7 Å². The fourth-order valence-electron chi connectivity index (χ4n) is 1.91. The van der Waals surface area contributed by atoms with Crippen molar-refractivity contribution in [3.63, 3.8) is 0 Å². The third-order valence-corrected chi connectivity index (χ3v) is 6.35. The third-order valence-electron chi connectivity index (χ3n) is 3.15. The van der Waals surface area contributed by atoms with Crippen molar-refractivity contribution in [3.05, 3.63) is 40.3 Å². The number of thioether (sulfide) groups is 1. The number of benzene rings is 1. The zero-order valence-corrected chi connectivity index (χ0v) is 16.1. The molecule has 8 heteroatoms. The number of methoxy groups -OCH3 is 1. The summed E-state index contributed by atoms with van der Waals surface area (Å²) >= 11 is 4.93. The van der Waals surface area contributed by atoms with Crippen LogP contribution in [0, 0.1) is 0 Å². The van der Waals surface area contributed by atoms with Crippen molar-refractivity contribution in [3.8, 4) is 5.75 Å². The molecule has 5 nitrogen and oxygen atoms in total. The minimum absolute atomic E-state index is 0.482. The van der Waals surface area contributed by atoms with Crippen LogP contribution in [0.25, 0.3) is 0 Å². The second-order valence-electron chi connectivity index (χ2n) is 5.35. The molecule has 0 radical (unpaired) electrons. The molecule has 2 heterocycles. The summed E-state index contributed by atoms with van der Waals surface area (Å²) in [6.07, 6.45) is 0. The van der Waals surface area contributed by atoms with Crippen LogP contribution in [0.4, 0.5) is 10.8 Å². The Bertz CT molecular complexity index is 783. The van der Waals surface area contributed by atoms with Crippen molar-refractivity contribution in [2.45, 2.75) is 29.9 Å². The molecule has 1 aromatic carbocycles. The van der Waals surface area contributed by atoms with Gasteiger partial charge in [0.25, 0.3) is 0 Å². The maximum atomic E-state index is 5.15. The Balaban J connectivity index is 1.56. The molecule has 3 rings (SSSR count). The first kappa shape index (κ1) is 17.2. The number of rotatable bonds is 7. The summed E-state index contributed by atoms with van der Waals surface area (Å²) in [4.78, 5) is 4.64. The highest BCUT2D eigenvalue weighted by atomic mass is 32.2. The lowest BCUT2D eigenvalue weighted by atomic mass is 10.2. The van der Waals surface area contributed by atoms with Crippen LogP contribution in [-0.4, -0.2) is 22.3 Å². The lowest BCUT2D eigenvalue weighted by Gasteiger charge is -2.03. The van der Waals surface area contributed by atoms with Crippen LogP contribution < -0.4 is 10.1 Å². The molecule has 2 aromatic heterocycles. The molecule has 0 aliphatic carbocycles. The SMILES string of the molecule is COc1ccc(Nc2nnc(SCc3csc(C(C)C)n3)s2)cc1. The molecule has 0 amide bonds. The lowest BCUT2D eigenvalue weighted by molar-refractivity contribution is 0.415. The van der Waals surface area contributed by atoms with Gasteiger partial charge in [-0.2, -0.15) is 0 Å². The number of nitrogens with zero attached hydrogens (tertiary/aromatic N) is 3. The summed E-state index contributed by atoms with van der Waals surface area (Å²) < 4.78 is 6.09. The Morgan fingerprint density at radius 3 is 2.67 bits per heavy atom. The standard InChI is InChI=1S/C16H18N4OS3/c1-10(2)14-17-12(8-22-14)9-23-16-20-19-15(24-16)18-11-4-6-13(21-3)7-5-11/h4-8,10H,9H2,1-3H3,(H,18,19). The highest BCUT2D eigenvalue weighted by molar-refractivity contribution is 8.00. The second kappa shape index (κ2) is 7.96. The van der Waals surface area contributed by atoms with Crippen LogP contribution >= 0.6 is 34.4 Å². The van der Waals surface area contributed by atoms with Gasteiger partial charge in [0.15, 0.2) is 4.34 Å². The number of ether oxygens (including phenoxy) is 1. The van der Waals surface area contributed by atoms with Gasteiger partial charge in [0.05, 0.1) is 17.8 Å². The second-order valence-corrected chi connectivity index (χ2v) is 8.44. The van der Waals surface area contributed by atoms with E-state index in [9.17, 15) is 0 Å². The zero-order valence-electron chi connectivity index (χ0n) is 13.6. The number of aromatic nitrogens is 3. The topological polar surface area (TPSA) is 59.9 Å². The summed E-state index contributed by atoms with van der Waals surface area (Å²) in [5, 5.41) is 15.8. The Labute approximate surface area is 153 Å². The molecular weight excluding hydrogens is 360 g/mol. The predicted molar refractivity (Wildman–Crippen MR) is 102 cm³/mol. The molecule has 0 fully saturated rings. The average Bonchev–Trinajstić information content (AvgIpc) is 3.23. The molecular formula is C16H18N4OS3. The maximum Gasteiger partial charge on any atom is 0.210 e. The summed E-state index contributed by atoms with van der Waals surface area (Å²) in [7, 11) is 1.66. The molecule has 0 aliphatic rings. The van der Waals surface area contributed by atoms with E-state index in [2.05, 4.69) is 39.7 Å². The van der Waals surface area contributed by atoms with Gasteiger partial charge in [-0.25, -0.2) is 4.98 Å². The minimum Gasteiger partial charge on any atom is -0.497 e. The monoisotopic (exact) mass is 378 g/mol. The molecule has 1 N–H and O–H groups in total. The summed E-state index contributed by atoms with van der Waals surface area (Å²) in [5.74, 6) is 2.13. The highest BCUT2D eigenvalue weighted by Crippen LogP contribution is 2.31. The van der Waals surface area contributed by atoms with Crippen LogP contribution in [0.3, 0.4) is 0 Å². The zero-order chi connectivity index (χ0) is 16.9. The fourth-order valence-corrected chi connectivity index (χ4v) is 4.51. The van der Waals surface area contributed by atoms with Crippen molar-refractivity contribution in [2.75, 3.05) is 12.4 Å². The summed E-state index contributed by atoms with van der Waals surface area (Å²) in [6, 6.07) is 7.73. The van der Waals surface area contributed by atoms with Crippen LogP contribution in [0.2, 0.25) is 0 Å². The van der Waals surface area contributed by atoms with Gasteiger partial charge in [-0.1, -0.05) is 36.9 Å². The van der Waals surface area contributed by atoms with Crippen LogP contribution in [-0.2, 0) is 5.75 Å². The summed E-state index contributed by atoms with van der Waals surface area (Å²) in [5.41, 5.74) is 2.07. The van der Waals surface area contributed by atoms with Crippen LogP contribution in [0.15, 0.2) is 34.0 Å². The third kappa shape index (κ3) is 4.46. The quantitative estimate of drug-likeness (QED) is 0.573. The van der Waals surface area contributed by atoms with E-state index in [0.717, 1.165) is 32.4 Å². The molecule has 0 atom stereocenters. The molecule has 0 saturated heterocycles. The van der Waals surface area contributed by atoms with Crippen molar-refractivity contribution in [2.24, 2.45) is 0 Å². The largest absolute Gasteiger partial charge is 0.497 e. The normalized spacial score (nSPS) is 11.0. The number of hydrogen-bond donors (Lipinski definition) is 1. The first-order chi connectivity index (χ1) is 11.6. The van der Waals surface area contributed by atoms with E-state index in [1.54, 1.807) is 41.5 Å². The van der Waals surface area contributed by atoms with E-state index in [0.29, 0.717) is 5.92 Å². The number of hydrogen-bond acceptors (Lipinski definition) is 8. The highest BCUT2D eigenvalue weighted by Gasteiger charge is 2.09. The van der Waals surface area contributed by atoms with E-state index in [1.165, 1.54) is 5.01 Å². The van der Waals surface area contributed by atoms with Gasteiger partial charge in [0.1, 0.15) is 5.75 Å². The Morgan fingerprint density at radius 1 is 1.21 bits per heavy atom. The van der Waals surface area contributed by atoms with Crippen molar-refractivity contribution >= 4 is 45.3 Å². The van der Waals surface area contributed by atoms with E-state index >= 15 is 0 Å². The summed E-state index contributed by atoms with van der Waals surface area (Å²) in [6.45, 7) is 4.33. The Kier molecular flexibility index (Phi) is 5.70. The minimum atomic E-state index is 0.482. The smallest absolute Gasteiger partial charge is 0.210 e. The first-order valence-electron chi connectivity index (χ1n) is 7.45. The fraction of sp³-hybridized carbons (Fsp3) is 0.312. The molecule has 0 spiro atoms. The van der Waals surface area contributed by atoms with E-state index in [-0.39, 0.29) is 0 Å². The molecule has 24 heavy (non-hydrogen) atoms. The molecule has 3 aromatic rings. The number of thiazole rings is 1. The number of nitrogens with one attached hydrogen (secondary N) is 1. The van der Waals surface area contributed by atoms with E-state index in [4.69, 9.17) is 4.74 Å². The van der Waals surface area contributed by atoms with Crippen molar-refractivity contribution < 1.29 is 4.74 Å². The molecule has 0 unspecified atom stereocenters. The molecule has 0 saturated carbocycles. The predicted octanol–water partition coefficient (Wildman–Crippen LogP) is 5.16. The van der Waals surface area contributed by atoms with Crippen LogP contribution in [0.1, 0.15) is 30.5 Å². The average molecular weight is 379 g/mol. The van der Waals surface area contributed by atoms with Gasteiger partial charge in [0.2, 0.25) is 5.13 Å². The van der Waals surface area contributed by atoms with E-state index < -0.39 is 0 Å². The Hall–Kier alpha value is -1.64. The van der Waals surface area contributed by atoms with Gasteiger partial charge in [-0.15, -0.1) is 21.5 Å².